The number of hydrogen-bond acceptors (Lipinski definition) is 4. The first-order valence-electron chi connectivity index (χ1n) is 8.50. The highest BCUT2D eigenvalue weighted by Crippen LogP contribution is 2.27. The Morgan fingerprint density at radius 3 is 2.92 bits per heavy atom. The van der Waals surface area contributed by atoms with Crippen molar-refractivity contribution in [2.24, 2.45) is 13.0 Å². The molecular weight excluding hydrogens is 302 g/mol. The molecule has 0 saturated heterocycles. The summed E-state index contributed by atoms with van der Waals surface area (Å²) in [6, 6.07) is 10.2. The predicted octanol–water partition coefficient (Wildman–Crippen LogP) is 1.70. The lowest BCUT2D eigenvalue weighted by atomic mass is 10.1. The largest absolute Gasteiger partial charge is 0.391 e. The van der Waals surface area contributed by atoms with Crippen molar-refractivity contribution >= 4 is 11.0 Å². The number of para-hydroxylation sites is 2. The molecule has 0 bridgehead atoms. The predicted molar refractivity (Wildman–Crippen MR) is 92.3 cm³/mol. The zero-order chi connectivity index (χ0) is 16.5. The number of imidazole rings is 1. The Morgan fingerprint density at radius 2 is 2.12 bits per heavy atom. The number of benzene rings is 1. The molecule has 1 fully saturated rings. The number of aryl methyl sites for hydroxylation is 1. The molecule has 126 valence electrons. The Balaban J connectivity index is 1.39. The zero-order valence-corrected chi connectivity index (χ0v) is 13.8. The summed E-state index contributed by atoms with van der Waals surface area (Å²) in [6.07, 6.45) is 5.25. The fraction of sp³-hybridized carbons (Fsp3) is 0.444. The van der Waals surface area contributed by atoms with Gasteiger partial charge < -0.3 is 15.0 Å². The molecule has 3 atom stereocenters. The molecule has 24 heavy (non-hydrogen) atoms. The van der Waals surface area contributed by atoms with Crippen LogP contribution in [0.15, 0.2) is 42.7 Å². The number of hydrogen-bond donors (Lipinski definition) is 2. The Morgan fingerprint density at radius 1 is 1.25 bits per heavy atom. The molecule has 0 aliphatic heterocycles. The van der Waals surface area contributed by atoms with Gasteiger partial charge in [0.1, 0.15) is 5.82 Å². The van der Waals surface area contributed by atoms with E-state index in [0.717, 1.165) is 36.2 Å². The lowest BCUT2D eigenvalue weighted by molar-refractivity contribution is 0.145. The van der Waals surface area contributed by atoms with Crippen LogP contribution in [0.25, 0.3) is 11.0 Å². The van der Waals surface area contributed by atoms with Gasteiger partial charge in [0.05, 0.1) is 23.7 Å². The highest BCUT2D eigenvalue weighted by Gasteiger charge is 2.33. The maximum atomic E-state index is 10.4. The molecular formula is C18H23N5O. The third kappa shape index (κ3) is 2.95. The molecule has 6 nitrogen and oxygen atoms in total. The highest BCUT2D eigenvalue weighted by molar-refractivity contribution is 5.75. The lowest BCUT2D eigenvalue weighted by Crippen LogP contribution is -2.35. The first-order chi connectivity index (χ1) is 11.7. The SMILES string of the molecule is Cn1c(CN[C@@H]2CC(Cn3cccn3)C[C@H]2O)nc2ccccc21. The molecule has 2 aromatic heterocycles. The van der Waals surface area contributed by atoms with Gasteiger partial charge in [0.25, 0.3) is 0 Å². The van der Waals surface area contributed by atoms with Gasteiger partial charge in [-0.15, -0.1) is 0 Å². The maximum absolute atomic E-state index is 10.4. The van der Waals surface area contributed by atoms with Crippen LogP contribution in [-0.2, 0) is 20.1 Å². The first kappa shape index (κ1) is 15.4. The average Bonchev–Trinajstić information content (AvgIpc) is 3.28. The third-order valence-electron chi connectivity index (χ3n) is 5.03. The molecule has 0 radical (unpaired) electrons. The monoisotopic (exact) mass is 325 g/mol. The molecule has 1 saturated carbocycles. The van der Waals surface area contributed by atoms with E-state index >= 15 is 0 Å². The fourth-order valence-electron chi connectivity index (χ4n) is 3.74. The maximum Gasteiger partial charge on any atom is 0.123 e. The molecule has 1 aliphatic carbocycles. The second-order valence-electron chi connectivity index (χ2n) is 6.70. The van der Waals surface area contributed by atoms with Gasteiger partial charge in [0.15, 0.2) is 0 Å². The Labute approximate surface area is 141 Å². The minimum atomic E-state index is -0.305. The van der Waals surface area contributed by atoms with Gasteiger partial charge in [-0.05, 0) is 37.0 Å². The van der Waals surface area contributed by atoms with E-state index in [1.807, 2.05) is 42.2 Å². The lowest BCUT2D eigenvalue weighted by Gasteiger charge is -2.16. The molecule has 6 heteroatoms. The van der Waals surface area contributed by atoms with E-state index in [9.17, 15) is 5.11 Å². The summed E-state index contributed by atoms with van der Waals surface area (Å²) in [5.41, 5.74) is 2.15. The quantitative estimate of drug-likeness (QED) is 0.749. The highest BCUT2D eigenvalue weighted by atomic mass is 16.3. The number of fused-ring (bicyclic) bond motifs is 1. The molecule has 1 aromatic carbocycles. The zero-order valence-electron chi connectivity index (χ0n) is 13.8. The summed E-state index contributed by atoms with van der Waals surface area (Å²) < 4.78 is 4.07. The standard InChI is InChI=1S/C18H23N5O/c1-22-16-6-3-2-5-14(16)21-18(22)11-19-15-9-13(10-17(15)24)12-23-8-4-7-20-23/h2-8,13,15,17,19,24H,9-12H2,1H3/t13?,15-,17-/m1/s1. The van der Waals surface area contributed by atoms with Crippen LogP contribution in [-0.4, -0.2) is 36.6 Å². The first-order valence-corrected chi connectivity index (χ1v) is 8.50. The average molecular weight is 325 g/mol. The van der Waals surface area contributed by atoms with Crippen molar-refractivity contribution in [3.8, 4) is 0 Å². The minimum absolute atomic E-state index is 0.116. The molecule has 4 rings (SSSR count). The Hall–Kier alpha value is -2.18. The van der Waals surface area contributed by atoms with Gasteiger partial charge in [-0.3, -0.25) is 4.68 Å². The van der Waals surface area contributed by atoms with E-state index in [1.54, 1.807) is 6.20 Å². The summed E-state index contributed by atoms with van der Waals surface area (Å²) in [6.45, 7) is 1.54. The van der Waals surface area contributed by atoms with Crippen molar-refractivity contribution in [3.63, 3.8) is 0 Å². The summed E-state index contributed by atoms with van der Waals surface area (Å²) in [4.78, 5) is 4.68. The van der Waals surface area contributed by atoms with Crippen molar-refractivity contribution in [2.75, 3.05) is 0 Å². The van der Waals surface area contributed by atoms with Gasteiger partial charge in [-0.2, -0.15) is 5.10 Å². The smallest absolute Gasteiger partial charge is 0.123 e. The third-order valence-corrected chi connectivity index (χ3v) is 5.03. The van der Waals surface area contributed by atoms with Crippen LogP contribution in [0.3, 0.4) is 0 Å². The topological polar surface area (TPSA) is 67.9 Å². The molecule has 1 unspecified atom stereocenters. The summed E-state index contributed by atoms with van der Waals surface area (Å²) in [7, 11) is 2.04. The van der Waals surface area contributed by atoms with Gasteiger partial charge in [-0.1, -0.05) is 12.1 Å². The van der Waals surface area contributed by atoms with Gasteiger partial charge in [0, 0.05) is 32.0 Å². The molecule has 1 aliphatic rings. The Kier molecular flexibility index (Phi) is 4.08. The summed E-state index contributed by atoms with van der Waals surface area (Å²) in [5.74, 6) is 1.46. The van der Waals surface area contributed by atoms with Crippen LogP contribution in [0.5, 0.6) is 0 Å². The van der Waals surface area contributed by atoms with E-state index in [4.69, 9.17) is 0 Å². The van der Waals surface area contributed by atoms with E-state index in [1.165, 1.54) is 0 Å². The van der Waals surface area contributed by atoms with Crippen LogP contribution >= 0.6 is 0 Å². The van der Waals surface area contributed by atoms with E-state index < -0.39 is 0 Å². The normalized spacial score (nSPS) is 24.0. The van der Waals surface area contributed by atoms with Gasteiger partial charge in [-0.25, -0.2) is 4.98 Å². The summed E-state index contributed by atoms with van der Waals surface area (Å²) >= 11 is 0. The van der Waals surface area contributed by atoms with Crippen LogP contribution in [0, 0.1) is 5.92 Å². The van der Waals surface area contributed by atoms with Gasteiger partial charge in [0.2, 0.25) is 0 Å². The van der Waals surface area contributed by atoms with Crippen molar-refractivity contribution in [1.82, 2.24) is 24.6 Å². The second kappa shape index (κ2) is 6.37. The van der Waals surface area contributed by atoms with Crippen molar-refractivity contribution in [2.45, 2.75) is 38.1 Å². The van der Waals surface area contributed by atoms with E-state index in [2.05, 4.69) is 26.0 Å². The Bertz CT molecular complexity index is 810. The molecule has 3 aromatic rings. The fourth-order valence-corrected chi connectivity index (χ4v) is 3.74. The van der Waals surface area contributed by atoms with E-state index in [0.29, 0.717) is 12.5 Å². The summed E-state index contributed by atoms with van der Waals surface area (Å²) in [5, 5.41) is 18.1. The minimum Gasteiger partial charge on any atom is -0.391 e. The number of rotatable bonds is 5. The van der Waals surface area contributed by atoms with Crippen molar-refractivity contribution in [1.29, 1.82) is 0 Å². The molecule has 0 spiro atoms. The van der Waals surface area contributed by atoms with Crippen LogP contribution < -0.4 is 5.32 Å². The van der Waals surface area contributed by atoms with Crippen molar-refractivity contribution in [3.05, 3.63) is 48.5 Å². The molecule has 0 amide bonds. The molecule has 2 heterocycles. The van der Waals surface area contributed by atoms with Crippen LogP contribution in [0.1, 0.15) is 18.7 Å². The van der Waals surface area contributed by atoms with Crippen molar-refractivity contribution < 1.29 is 5.11 Å². The van der Waals surface area contributed by atoms with E-state index in [-0.39, 0.29) is 12.1 Å². The van der Waals surface area contributed by atoms with Crippen LogP contribution in [0.2, 0.25) is 0 Å². The number of nitrogens with zero attached hydrogens (tertiary/aromatic N) is 4. The number of aliphatic hydroxyl groups excluding tert-OH is 1. The number of aromatic nitrogens is 4. The second-order valence-corrected chi connectivity index (χ2v) is 6.70. The van der Waals surface area contributed by atoms with Crippen LogP contribution in [0.4, 0.5) is 0 Å². The van der Waals surface area contributed by atoms with Gasteiger partial charge >= 0.3 is 0 Å². The number of nitrogens with one attached hydrogen (secondary N) is 1. The number of aliphatic hydroxyl groups is 1. The molecule has 2 N–H and O–H groups in total.